The van der Waals surface area contributed by atoms with Gasteiger partial charge in [-0.1, -0.05) is 24.3 Å². The van der Waals surface area contributed by atoms with E-state index in [2.05, 4.69) is 15.2 Å². The molecule has 1 aromatic heterocycles. The summed E-state index contributed by atoms with van der Waals surface area (Å²) in [6.07, 6.45) is 1.63. The van der Waals surface area contributed by atoms with Crippen molar-refractivity contribution in [3.63, 3.8) is 0 Å². The van der Waals surface area contributed by atoms with Crippen LogP contribution in [0.25, 0.3) is 17.0 Å². The van der Waals surface area contributed by atoms with Gasteiger partial charge in [-0.3, -0.25) is 9.69 Å². The number of ether oxygens (including phenoxy) is 2. The molecule has 0 atom stereocenters. The summed E-state index contributed by atoms with van der Waals surface area (Å²) in [5.41, 5.74) is 2.34. The molecule has 0 aliphatic carbocycles. The number of anilines is 2. The van der Waals surface area contributed by atoms with E-state index < -0.39 is 5.91 Å². The smallest absolute Gasteiger partial charge is 0.282 e. The molecule has 0 spiro atoms. The van der Waals surface area contributed by atoms with Crippen LogP contribution in [0.1, 0.15) is 5.56 Å². The number of carbonyl (C=O) groups is 1. The lowest BCUT2D eigenvalue weighted by Crippen LogP contribution is -2.40. The molecular weight excluding hydrogens is 392 g/mol. The van der Waals surface area contributed by atoms with Crippen molar-refractivity contribution in [2.75, 3.05) is 43.6 Å². The lowest BCUT2D eigenvalue weighted by molar-refractivity contribution is -0.331. The lowest BCUT2D eigenvalue weighted by Gasteiger charge is -2.22. The quantitative estimate of drug-likeness (QED) is 0.511. The molecule has 31 heavy (non-hydrogen) atoms. The van der Waals surface area contributed by atoms with Gasteiger partial charge in [-0.15, -0.1) is 0 Å². The van der Waals surface area contributed by atoms with Crippen LogP contribution in [0.15, 0.2) is 60.2 Å². The van der Waals surface area contributed by atoms with E-state index in [-0.39, 0.29) is 5.57 Å². The minimum absolute atomic E-state index is 0.0148. The van der Waals surface area contributed by atoms with Gasteiger partial charge >= 0.3 is 0 Å². The van der Waals surface area contributed by atoms with Gasteiger partial charge in [0.2, 0.25) is 0 Å². The second-order valence-electron chi connectivity index (χ2n) is 7.12. The Morgan fingerprint density at radius 1 is 1.19 bits per heavy atom. The molecule has 0 unspecified atom stereocenters. The first-order valence-corrected chi connectivity index (χ1v) is 10.0. The Morgan fingerprint density at radius 2 is 2.00 bits per heavy atom. The molecule has 156 valence electrons. The molecular formula is C24H23N4O3+. The zero-order valence-corrected chi connectivity index (χ0v) is 17.2. The number of aromatic amines is 1. The van der Waals surface area contributed by atoms with Crippen molar-refractivity contribution in [3.8, 4) is 11.8 Å². The predicted molar refractivity (Wildman–Crippen MR) is 119 cm³/mol. The Hall–Kier alpha value is -3.89. The summed E-state index contributed by atoms with van der Waals surface area (Å²) in [5, 5.41) is 13.5. The van der Waals surface area contributed by atoms with Crippen LogP contribution in [0.4, 0.5) is 11.5 Å². The number of morpholine rings is 1. The zero-order chi connectivity index (χ0) is 21.6. The van der Waals surface area contributed by atoms with Crippen LogP contribution in [0.2, 0.25) is 0 Å². The number of rotatable bonds is 5. The first kappa shape index (κ1) is 20.4. The van der Waals surface area contributed by atoms with Gasteiger partial charge in [0.15, 0.2) is 0 Å². The minimum atomic E-state index is -0.475. The van der Waals surface area contributed by atoms with Crippen LogP contribution >= 0.6 is 0 Å². The van der Waals surface area contributed by atoms with E-state index in [1.54, 1.807) is 37.5 Å². The number of nitrogens with one attached hydrogen (secondary N) is 2. The zero-order valence-electron chi connectivity index (χ0n) is 17.2. The van der Waals surface area contributed by atoms with Crippen molar-refractivity contribution in [1.82, 2.24) is 0 Å². The number of hydrogen-bond donors (Lipinski definition) is 1. The van der Waals surface area contributed by atoms with Crippen molar-refractivity contribution >= 4 is 34.4 Å². The molecule has 1 aliphatic heterocycles. The first-order chi connectivity index (χ1) is 15.2. The van der Waals surface area contributed by atoms with E-state index in [0.717, 1.165) is 35.4 Å². The van der Waals surface area contributed by atoms with Gasteiger partial charge in [0, 0.05) is 17.1 Å². The molecule has 7 heteroatoms. The van der Waals surface area contributed by atoms with Gasteiger partial charge in [-0.05, 0) is 30.3 Å². The molecule has 3 aromatic rings. The summed E-state index contributed by atoms with van der Waals surface area (Å²) >= 11 is 0. The highest BCUT2D eigenvalue weighted by molar-refractivity contribution is 6.10. The highest BCUT2D eigenvalue weighted by Gasteiger charge is 2.24. The van der Waals surface area contributed by atoms with Crippen LogP contribution in [-0.4, -0.2) is 39.3 Å². The third-order valence-corrected chi connectivity index (χ3v) is 5.12. The predicted octanol–water partition coefficient (Wildman–Crippen LogP) is 3.04. The largest absolute Gasteiger partial charge is 0.497 e. The number of methoxy groups -OCH3 is 1. The molecule has 0 saturated carbocycles. The number of pyridine rings is 1. The van der Waals surface area contributed by atoms with E-state index in [1.807, 2.05) is 36.4 Å². The summed E-state index contributed by atoms with van der Waals surface area (Å²) in [5.74, 6) is 1.01. The SMILES string of the molecule is COc1cccc(NC(=O)/C(C#N)=C/c2cc3ccccc3[nH+]c2N2CCOCC2)c1. The van der Waals surface area contributed by atoms with Crippen molar-refractivity contribution in [2.24, 2.45) is 0 Å². The van der Waals surface area contributed by atoms with Gasteiger partial charge in [0.25, 0.3) is 11.7 Å². The fourth-order valence-electron chi connectivity index (χ4n) is 3.53. The fourth-order valence-corrected chi connectivity index (χ4v) is 3.53. The molecule has 7 nitrogen and oxygen atoms in total. The van der Waals surface area contributed by atoms with Crippen LogP contribution in [0.3, 0.4) is 0 Å². The number of hydrogen-bond acceptors (Lipinski definition) is 5. The summed E-state index contributed by atoms with van der Waals surface area (Å²) in [4.78, 5) is 18.5. The summed E-state index contributed by atoms with van der Waals surface area (Å²) in [6.45, 7) is 2.72. The van der Waals surface area contributed by atoms with E-state index >= 15 is 0 Å². The maximum Gasteiger partial charge on any atom is 0.282 e. The Kier molecular flexibility index (Phi) is 6.11. The second-order valence-corrected chi connectivity index (χ2v) is 7.12. The standard InChI is InChI=1S/C24H22N4O3/c1-30-21-7-4-6-20(15-21)26-24(29)19(16-25)14-18-13-17-5-2-3-8-22(17)27-23(18)28-9-11-31-12-10-28/h2-8,13-15H,9-12H2,1H3,(H,26,29)/p+1/b19-14+. The van der Waals surface area contributed by atoms with Crippen molar-refractivity contribution in [2.45, 2.75) is 0 Å². The van der Waals surface area contributed by atoms with Crippen LogP contribution in [0, 0.1) is 11.3 Å². The molecule has 1 fully saturated rings. The van der Waals surface area contributed by atoms with E-state index in [0.29, 0.717) is 24.7 Å². The molecule has 1 amide bonds. The molecule has 2 N–H and O–H groups in total. The molecule has 1 saturated heterocycles. The Bertz CT molecular complexity index is 1180. The lowest BCUT2D eigenvalue weighted by atomic mass is 10.1. The van der Waals surface area contributed by atoms with Crippen LogP contribution in [-0.2, 0) is 9.53 Å². The Balaban J connectivity index is 1.71. The van der Waals surface area contributed by atoms with E-state index in [9.17, 15) is 10.1 Å². The van der Waals surface area contributed by atoms with Gasteiger partial charge in [-0.25, -0.2) is 4.98 Å². The number of para-hydroxylation sites is 1. The number of aromatic nitrogens is 1. The average molecular weight is 415 g/mol. The summed E-state index contributed by atoms with van der Waals surface area (Å²) in [7, 11) is 1.56. The molecule has 2 heterocycles. The van der Waals surface area contributed by atoms with Crippen molar-refractivity contribution < 1.29 is 19.3 Å². The normalized spacial score (nSPS) is 14.2. The van der Waals surface area contributed by atoms with Crippen LogP contribution in [0.5, 0.6) is 5.75 Å². The van der Waals surface area contributed by atoms with E-state index in [4.69, 9.17) is 9.47 Å². The Labute approximate surface area is 180 Å². The van der Waals surface area contributed by atoms with Gasteiger partial charge in [-0.2, -0.15) is 5.26 Å². The minimum Gasteiger partial charge on any atom is -0.497 e. The van der Waals surface area contributed by atoms with Gasteiger partial charge in [0.05, 0.1) is 25.9 Å². The maximum absolute atomic E-state index is 12.8. The number of benzene rings is 2. The second kappa shape index (κ2) is 9.28. The molecule has 0 radical (unpaired) electrons. The maximum atomic E-state index is 12.8. The number of carbonyl (C=O) groups excluding carboxylic acids is 1. The third kappa shape index (κ3) is 4.65. The average Bonchev–Trinajstić information content (AvgIpc) is 2.82. The molecule has 2 aromatic carbocycles. The first-order valence-electron chi connectivity index (χ1n) is 10.0. The van der Waals surface area contributed by atoms with Gasteiger partial charge < -0.3 is 14.8 Å². The number of amides is 1. The molecule has 4 rings (SSSR count). The number of nitrogens with zero attached hydrogens (tertiary/aromatic N) is 2. The monoisotopic (exact) mass is 415 g/mol. The number of fused-ring (bicyclic) bond motifs is 1. The third-order valence-electron chi connectivity index (χ3n) is 5.12. The fraction of sp³-hybridized carbons (Fsp3) is 0.208. The summed E-state index contributed by atoms with van der Waals surface area (Å²) < 4.78 is 10.7. The number of H-pyrrole nitrogens is 1. The van der Waals surface area contributed by atoms with Gasteiger partial charge in [0.1, 0.15) is 36.0 Å². The highest BCUT2D eigenvalue weighted by Crippen LogP contribution is 2.24. The highest BCUT2D eigenvalue weighted by atomic mass is 16.5. The topological polar surface area (TPSA) is 88.7 Å². The van der Waals surface area contributed by atoms with Crippen LogP contribution < -0.4 is 19.9 Å². The van der Waals surface area contributed by atoms with E-state index in [1.165, 1.54) is 0 Å². The van der Waals surface area contributed by atoms with Crippen molar-refractivity contribution in [1.29, 1.82) is 5.26 Å². The van der Waals surface area contributed by atoms with Crippen molar-refractivity contribution in [3.05, 3.63) is 65.7 Å². The Morgan fingerprint density at radius 3 is 2.77 bits per heavy atom. The molecule has 0 bridgehead atoms. The molecule has 1 aliphatic rings. The summed E-state index contributed by atoms with van der Waals surface area (Å²) in [6, 6.07) is 19.0. The number of nitriles is 1.